The van der Waals surface area contributed by atoms with Gasteiger partial charge >= 0.3 is 0 Å². The van der Waals surface area contributed by atoms with Crippen molar-refractivity contribution in [1.29, 1.82) is 0 Å². The fourth-order valence-electron chi connectivity index (χ4n) is 4.01. The molecule has 1 aromatic heterocycles. The van der Waals surface area contributed by atoms with Crippen LogP contribution in [0.3, 0.4) is 0 Å². The minimum atomic E-state index is -3.08. The van der Waals surface area contributed by atoms with Crippen LogP contribution in [0.1, 0.15) is 50.9 Å². The third kappa shape index (κ3) is 4.38. The quantitative estimate of drug-likeness (QED) is 0.777. The summed E-state index contributed by atoms with van der Waals surface area (Å²) in [6, 6.07) is 8.52. The summed E-state index contributed by atoms with van der Waals surface area (Å²) in [5, 5.41) is 6.36. The third-order valence-electron chi connectivity index (χ3n) is 5.57. The van der Waals surface area contributed by atoms with Gasteiger partial charge in [-0.15, -0.1) is 11.3 Å². The Balaban J connectivity index is 1.62. The number of anilines is 1. The average molecular weight is 433 g/mol. The smallest absolute Gasteiger partial charge is 0.256 e. The van der Waals surface area contributed by atoms with Crippen LogP contribution in [0.2, 0.25) is 0 Å². The molecule has 1 aromatic carbocycles. The summed E-state index contributed by atoms with van der Waals surface area (Å²) in [4.78, 5) is 26.9. The molecule has 4 rings (SSSR count). The number of carbonyl (C=O) groups excluding carboxylic acids is 2. The van der Waals surface area contributed by atoms with E-state index >= 15 is 0 Å². The largest absolute Gasteiger partial charge is 0.348 e. The molecule has 1 aliphatic carbocycles. The molecule has 2 N–H and O–H groups in total. The van der Waals surface area contributed by atoms with E-state index in [4.69, 9.17) is 0 Å². The predicted molar refractivity (Wildman–Crippen MR) is 114 cm³/mol. The van der Waals surface area contributed by atoms with E-state index in [1.54, 1.807) is 24.3 Å². The van der Waals surface area contributed by atoms with E-state index in [0.29, 0.717) is 28.5 Å². The van der Waals surface area contributed by atoms with Gasteiger partial charge in [0.1, 0.15) is 5.00 Å². The van der Waals surface area contributed by atoms with Crippen molar-refractivity contribution in [3.05, 3.63) is 51.9 Å². The Morgan fingerprint density at radius 1 is 1.10 bits per heavy atom. The van der Waals surface area contributed by atoms with Crippen molar-refractivity contribution >= 4 is 38.0 Å². The zero-order valence-electron chi connectivity index (χ0n) is 16.2. The number of nitrogens with one attached hydrogen (secondary N) is 2. The predicted octanol–water partition coefficient (Wildman–Crippen LogP) is 3.04. The van der Waals surface area contributed by atoms with Crippen molar-refractivity contribution < 1.29 is 18.0 Å². The number of sulfone groups is 1. The normalized spacial score (nSPS) is 22.7. The maximum Gasteiger partial charge on any atom is 0.256 e. The highest BCUT2D eigenvalue weighted by molar-refractivity contribution is 7.91. The SMILES string of the molecule is CC1CCc2c(sc(NC(=O)c3ccccc3)c2C(=O)NC2CCS(=O)(=O)C2)C1. The molecular formula is C21H24N2O4S2. The number of benzene rings is 1. The minimum Gasteiger partial charge on any atom is -0.348 e. The van der Waals surface area contributed by atoms with Crippen LogP contribution < -0.4 is 10.6 Å². The van der Waals surface area contributed by atoms with Crippen molar-refractivity contribution in [3.8, 4) is 0 Å². The molecule has 1 saturated heterocycles. The Morgan fingerprint density at radius 2 is 1.86 bits per heavy atom. The second kappa shape index (κ2) is 7.91. The van der Waals surface area contributed by atoms with Gasteiger partial charge in [0.05, 0.1) is 17.1 Å². The lowest BCUT2D eigenvalue weighted by atomic mass is 9.88. The molecule has 6 nitrogen and oxygen atoms in total. The lowest BCUT2D eigenvalue weighted by Gasteiger charge is -2.19. The molecule has 0 spiro atoms. The van der Waals surface area contributed by atoms with Crippen LogP contribution in [-0.2, 0) is 22.7 Å². The van der Waals surface area contributed by atoms with Gasteiger partial charge in [-0.3, -0.25) is 9.59 Å². The molecule has 0 saturated carbocycles. The maximum absolute atomic E-state index is 13.1. The fraction of sp³-hybridized carbons (Fsp3) is 0.429. The highest BCUT2D eigenvalue weighted by Gasteiger charge is 2.33. The van der Waals surface area contributed by atoms with Gasteiger partial charge in [-0.1, -0.05) is 25.1 Å². The first-order chi connectivity index (χ1) is 13.8. The molecule has 2 aromatic rings. The van der Waals surface area contributed by atoms with E-state index in [1.807, 2.05) is 6.07 Å². The molecule has 2 unspecified atom stereocenters. The molecule has 2 aliphatic rings. The summed E-state index contributed by atoms with van der Waals surface area (Å²) in [7, 11) is -3.08. The van der Waals surface area contributed by atoms with Crippen LogP contribution in [0, 0.1) is 5.92 Å². The molecule has 1 fully saturated rings. The zero-order valence-corrected chi connectivity index (χ0v) is 17.9. The second-order valence-electron chi connectivity index (χ2n) is 7.95. The topological polar surface area (TPSA) is 92.3 Å². The van der Waals surface area contributed by atoms with E-state index in [1.165, 1.54) is 11.3 Å². The first-order valence-corrected chi connectivity index (χ1v) is 12.5. The van der Waals surface area contributed by atoms with Crippen LogP contribution in [0.4, 0.5) is 5.00 Å². The van der Waals surface area contributed by atoms with Gasteiger partial charge < -0.3 is 10.6 Å². The van der Waals surface area contributed by atoms with E-state index in [2.05, 4.69) is 17.6 Å². The number of fused-ring (bicyclic) bond motifs is 1. The first-order valence-electron chi connectivity index (χ1n) is 9.84. The van der Waals surface area contributed by atoms with Crippen molar-refractivity contribution in [2.45, 2.75) is 38.6 Å². The van der Waals surface area contributed by atoms with Gasteiger partial charge in [0, 0.05) is 16.5 Å². The molecule has 0 radical (unpaired) electrons. The van der Waals surface area contributed by atoms with Gasteiger partial charge in [-0.2, -0.15) is 0 Å². The summed E-state index contributed by atoms with van der Waals surface area (Å²) in [6.45, 7) is 2.19. The fourth-order valence-corrected chi connectivity index (χ4v) is 7.09. The Bertz CT molecular complexity index is 1040. The van der Waals surface area contributed by atoms with Gasteiger partial charge in [-0.05, 0) is 49.3 Å². The highest BCUT2D eigenvalue weighted by atomic mass is 32.2. The molecule has 154 valence electrons. The first kappa shape index (κ1) is 20.1. The molecule has 8 heteroatoms. The standard InChI is InChI=1S/C21H24N2O4S2/c1-13-7-8-16-17(11-13)28-21(23-19(24)14-5-3-2-4-6-14)18(16)20(25)22-15-9-10-29(26,27)12-15/h2-6,13,15H,7-12H2,1H3,(H,22,25)(H,23,24). The Kier molecular flexibility index (Phi) is 5.48. The molecular weight excluding hydrogens is 408 g/mol. The van der Waals surface area contributed by atoms with Crippen molar-refractivity contribution in [2.75, 3.05) is 16.8 Å². The third-order valence-corrected chi connectivity index (χ3v) is 8.51. The van der Waals surface area contributed by atoms with E-state index in [9.17, 15) is 18.0 Å². The van der Waals surface area contributed by atoms with Gasteiger partial charge in [0.15, 0.2) is 9.84 Å². The summed E-state index contributed by atoms with van der Waals surface area (Å²) in [6.07, 6.45) is 3.11. The number of hydrogen-bond acceptors (Lipinski definition) is 5. The maximum atomic E-state index is 13.1. The lowest BCUT2D eigenvalue weighted by Crippen LogP contribution is -2.36. The molecule has 2 atom stereocenters. The number of carbonyl (C=O) groups is 2. The molecule has 2 amide bonds. The van der Waals surface area contributed by atoms with Crippen LogP contribution >= 0.6 is 11.3 Å². The Labute approximate surface area is 174 Å². The van der Waals surface area contributed by atoms with E-state index in [-0.39, 0.29) is 29.4 Å². The second-order valence-corrected chi connectivity index (χ2v) is 11.3. The van der Waals surface area contributed by atoms with Gasteiger partial charge in [0.25, 0.3) is 11.8 Å². The minimum absolute atomic E-state index is 0.0200. The summed E-state index contributed by atoms with van der Waals surface area (Å²) in [5.41, 5.74) is 2.03. The lowest BCUT2D eigenvalue weighted by molar-refractivity contribution is 0.0941. The van der Waals surface area contributed by atoms with E-state index < -0.39 is 9.84 Å². The number of amides is 2. The van der Waals surface area contributed by atoms with Crippen molar-refractivity contribution in [2.24, 2.45) is 5.92 Å². The highest BCUT2D eigenvalue weighted by Crippen LogP contribution is 2.40. The van der Waals surface area contributed by atoms with Crippen LogP contribution in [0.25, 0.3) is 0 Å². The van der Waals surface area contributed by atoms with E-state index in [0.717, 1.165) is 29.7 Å². The molecule has 2 heterocycles. The average Bonchev–Trinajstić information content (AvgIpc) is 3.20. The molecule has 1 aliphatic heterocycles. The van der Waals surface area contributed by atoms with Gasteiger partial charge in [-0.25, -0.2) is 8.42 Å². The molecule has 0 bridgehead atoms. The number of rotatable bonds is 4. The van der Waals surface area contributed by atoms with Crippen LogP contribution in [-0.4, -0.2) is 37.8 Å². The summed E-state index contributed by atoms with van der Waals surface area (Å²) >= 11 is 1.46. The Hall–Kier alpha value is -2.19. The van der Waals surface area contributed by atoms with Crippen LogP contribution in [0.5, 0.6) is 0 Å². The molecule has 29 heavy (non-hydrogen) atoms. The summed E-state index contributed by atoms with van der Waals surface area (Å²) < 4.78 is 23.5. The van der Waals surface area contributed by atoms with Crippen molar-refractivity contribution in [3.63, 3.8) is 0 Å². The zero-order chi connectivity index (χ0) is 20.6. The number of thiophene rings is 1. The Morgan fingerprint density at radius 3 is 2.55 bits per heavy atom. The monoisotopic (exact) mass is 432 g/mol. The summed E-state index contributed by atoms with van der Waals surface area (Å²) in [5.74, 6) is 0.0785. The van der Waals surface area contributed by atoms with Gasteiger partial charge in [0.2, 0.25) is 0 Å². The van der Waals surface area contributed by atoms with Crippen molar-refractivity contribution in [1.82, 2.24) is 5.32 Å². The number of hydrogen-bond donors (Lipinski definition) is 2. The van der Waals surface area contributed by atoms with Crippen LogP contribution in [0.15, 0.2) is 30.3 Å².